The molecule has 1 saturated heterocycles. The van der Waals surface area contributed by atoms with Crippen molar-refractivity contribution in [3.63, 3.8) is 0 Å². The Morgan fingerprint density at radius 3 is 2.35 bits per heavy atom. The topological polar surface area (TPSA) is 92.8 Å². The van der Waals surface area contributed by atoms with E-state index in [9.17, 15) is 31.2 Å². The maximum atomic E-state index is 14.8. The van der Waals surface area contributed by atoms with Crippen LogP contribution in [0.5, 0.6) is 0 Å². The van der Waals surface area contributed by atoms with E-state index in [1.54, 1.807) is 25.5 Å². The number of allylic oxidation sites excluding steroid dienone is 1. The van der Waals surface area contributed by atoms with Crippen LogP contribution < -0.4 is 4.72 Å². The summed E-state index contributed by atoms with van der Waals surface area (Å²) in [6, 6.07) is 5.20. The molecule has 1 fully saturated rings. The highest BCUT2D eigenvalue weighted by molar-refractivity contribution is 7.89. The summed E-state index contributed by atoms with van der Waals surface area (Å²) in [6.45, 7) is 5.41. The van der Waals surface area contributed by atoms with Gasteiger partial charge in [0, 0.05) is 18.7 Å². The molecule has 1 aromatic carbocycles. The second kappa shape index (κ2) is 8.17. The maximum Gasteiger partial charge on any atom is 0.421 e. The van der Waals surface area contributed by atoms with Gasteiger partial charge in [0.2, 0.25) is 15.6 Å². The molecule has 0 aromatic heterocycles. The summed E-state index contributed by atoms with van der Waals surface area (Å²) in [5.74, 6) is -2.40. The van der Waals surface area contributed by atoms with Gasteiger partial charge in [-0.2, -0.15) is 17.9 Å². The monoisotopic (exact) mass is 500 g/mol. The summed E-state index contributed by atoms with van der Waals surface area (Å²) in [5.41, 5.74) is -4.58. The van der Waals surface area contributed by atoms with Gasteiger partial charge in [-0.25, -0.2) is 8.42 Å². The highest BCUT2D eigenvalue weighted by Crippen LogP contribution is 2.52. The van der Waals surface area contributed by atoms with Gasteiger partial charge in [-0.05, 0) is 43.7 Å². The van der Waals surface area contributed by atoms with Gasteiger partial charge in [0.15, 0.2) is 5.78 Å². The van der Waals surface area contributed by atoms with E-state index in [0.717, 1.165) is 17.0 Å². The largest absolute Gasteiger partial charge is 0.421 e. The lowest BCUT2D eigenvalue weighted by atomic mass is 9.72. The van der Waals surface area contributed by atoms with Crippen molar-refractivity contribution < 1.29 is 35.9 Å². The van der Waals surface area contributed by atoms with Crippen molar-refractivity contribution in [1.29, 1.82) is 0 Å². The first-order valence-electron chi connectivity index (χ1n) is 11.1. The number of halogens is 3. The molecule has 2 atom stereocenters. The minimum absolute atomic E-state index is 0.0244. The van der Waals surface area contributed by atoms with E-state index in [-0.39, 0.29) is 25.1 Å². The molecule has 2 heterocycles. The zero-order chi connectivity index (χ0) is 25.1. The zero-order valence-corrected chi connectivity index (χ0v) is 20.0. The number of aryl methyl sites for hydroxylation is 1. The van der Waals surface area contributed by atoms with Gasteiger partial charge < -0.3 is 9.64 Å². The molecule has 1 amide bonds. The summed E-state index contributed by atoms with van der Waals surface area (Å²) in [7, 11) is -4.82. The fourth-order valence-electron chi connectivity index (χ4n) is 4.95. The third-order valence-corrected chi connectivity index (χ3v) is 8.04. The average molecular weight is 501 g/mol. The van der Waals surface area contributed by atoms with E-state index < -0.39 is 55.4 Å². The first-order chi connectivity index (χ1) is 15.7. The third kappa shape index (κ3) is 4.07. The van der Waals surface area contributed by atoms with Crippen molar-refractivity contribution in [1.82, 2.24) is 9.62 Å². The van der Waals surface area contributed by atoms with E-state index in [1.165, 1.54) is 12.1 Å². The number of nitrogens with zero attached hydrogens (tertiary/aromatic N) is 1. The minimum atomic E-state index is -5.40. The number of hydrogen-bond acceptors (Lipinski definition) is 5. The number of carbonyl (C=O) groups excluding carboxylic acids is 2. The lowest BCUT2D eigenvalue weighted by molar-refractivity contribution is -0.189. The van der Waals surface area contributed by atoms with E-state index >= 15 is 0 Å². The van der Waals surface area contributed by atoms with Gasteiger partial charge in [0.1, 0.15) is 0 Å². The van der Waals surface area contributed by atoms with Crippen LogP contribution >= 0.6 is 0 Å². The Hall–Kier alpha value is -2.24. The Bertz CT molecular complexity index is 1150. The second-order valence-corrected chi connectivity index (χ2v) is 11.7. The number of alkyl halides is 3. The molecule has 0 bridgehead atoms. The number of Topliss-reactive ketones (excluding diaryl/α,β-unsaturated/α-hetero) is 1. The van der Waals surface area contributed by atoms with Crippen molar-refractivity contribution in [2.75, 3.05) is 13.2 Å². The Balaban J connectivity index is 1.88. The standard InChI is InChI=1S/C23H27F3N2O5S/c1-14-6-8-16(9-7-14)34(31,32)27-22(23(24,25)26)19-17(11-21(2,3)12-18(19)29)28(20(22)30)13-15-5-4-10-33-15/h6-9,15,27H,4-5,10-13H2,1-3H3/t15-,22-/m0/s1. The summed E-state index contributed by atoms with van der Waals surface area (Å²) >= 11 is 0. The first-order valence-corrected chi connectivity index (χ1v) is 12.5. The predicted molar refractivity (Wildman–Crippen MR) is 116 cm³/mol. The maximum absolute atomic E-state index is 14.8. The SMILES string of the molecule is Cc1ccc(S(=O)(=O)N[C@]2(C(F)(F)F)C(=O)N(C[C@@H]3CCCO3)C3=C2C(=O)CC(C)(C)C3)cc1. The number of ketones is 1. The smallest absolute Gasteiger partial charge is 0.376 e. The first kappa shape index (κ1) is 24.9. The summed E-state index contributed by atoms with van der Waals surface area (Å²) in [5, 5.41) is 0. The van der Waals surface area contributed by atoms with Crippen LogP contribution in [-0.4, -0.2) is 56.0 Å². The molecule has 7 nitrogen and oxygen atoms in total. The van der Waals surface area contributed by atoms with E-state index in [4.69, 9.17) is 4.74 Å². The molecule has 3 aliphatic rings. The van der Waals surface area contributed by atoms with Crippen LogP contribution in [0.25, 0.3) is 0 Å². The summed E-state index contributed by atoms with van der Waals surface area (Å²) < 4.78 is 77.8. The van der Waals surface area contributed by atoms with Crippen molar-refractivity contribution in [2.24, 2.45) is 5.41 Å². The Morgan fingerprint density at radius 2 is 1.79 bits per heavy atom. The highest BCUT2D eigenvalue weighted by Gasteiger charge is 2.72. The molecule has 0 radical (unpaired) electrons. The number of sulfonamides is 1. The number of amides is 1. The molecule has 0 unspecified atom stereocenters. The van der Waals surface area contributed by atoms with Crippen LogP contribution in [0.4, 0.5) is 13.2 Å². The number of hydrogen-bond donors (Lipinski definition) is 1. The molecular formula is C23H27F3N2O5S. The molecule has 1 aromatic rings. The Labute approximate surface area is 196 Å². The molecule has 1 N–H and O–H groups in total. The van der Waals surface area contributed by atoms with E-state index in [1.807, 2.05) is 0 Å². The van der Waals surface area contributed by atoms with Crippen molar-refractivity contribution in [3.8, 4) is 0 Å². The van der Waals surface area contributed by atoms with Crippen LogP contribution in [0.1, 0.15) is 45.1 Å². The Morgan fingerprint density at radius 1 is 1.15 bits per heavy atom. The molecule has 186 valence electrons. The van der Waals surface area contributed by atoms with Gasteiger partial charge in [0.25, 0.3) is 5.91 Å². The van der Waals surface area contributed by atoms with E-state index in [0.29, 0.717) is 25.0 Å². The molecule has 0 spiro atoms. The number of rotatable bonds is 5. The van der Waals surface area contributed by atoms with Crippen LogP contribution in [-0.2, 0) is 24.3 Å². The zero-order valence-electron chi connectivity index (χ0n) is 19.2. The van der Waals surface area contributed by atoms with Crippen LogP contribution in [0.3, 0.4) is 0 Å². The van der Waals surface area contributed by atoms with Crippen molar-refractivity contribution in [2.45, 2.75) is 69.2 Å². The summed E-state index contributed by atoms with van der Waals surface area (Å²) in [4.78, 5) is 27.2. The molecule has 0 saturated carbocycles. The number of ether oxygens (including phenoxy) is 1. The summed E-state index contributed by atoms with van der Waals surface area (Å²) in [6.07, 6.45) is -4.85. The third-order valence-electron chi connectivity index (χ3n) is 6.57. The second-order valence-electron chi connectivity index (χ2n) is 9.98. The van der Waals surface area contributed by atoms with Crippen LogP contribution in [0.2, 0.25) is 0 Å². The molecule has 11 heteroatoms. The molecule has 34 heavy (non-hydrogen) atoms. The molecule has 2 aliphatic heterocycles. The fraction of sp³-hybridized carbons (Fsp3) is 0.565. The van der Waals surface area contributed by atoms with Crippen LogP contribution in [0, 0.1) is 12.3 Å². The van der Waals surface area contributed by atoms with Gasteiger partial charge >= 0.3 is 6.18 Å². The molecular weight excluding hydrogens is 473 g/mol. The lowest BCUT2D eigenvalue weighted by Crippen LogP contribution is -2.66. The highest BCUT2D eigenvalue weighted by atomic mass is 32.2. The van der Waals surface area contributed by atoms with Gasteiger partial charge in [-0.15, -0.1) is 0 Å². The minimum Gasteiger partial charge on any atom is -0.376 e. The van der Waals surface area contributed by atoms with E-state index in [2.05, 4.69) is 0 Å². The average Bonchev–Trinajstić information content (AvgIpc) is 3.28. The quantitative estimate of drug-likeness (QED) is 0.670. The lowest BCUT2D eigenvalue weighted by Gasteiger charge is -2.35. The van der Waals surface area contributed by atoms with Crippen molar-refractivity contribution >= 4 is 21.7 Å². The number of carbonyl (C=O) groups is 2. The predicted octanol–water partition coefficient (Wildman–Crippen LogP) is 3.24. The van der Waals surface area contributed by atoms with Gasteiger partial charge in [-0.3, -0.25) is 9.59 Å². The van der Waals surface area contributed by atoms with Crippen molar-refractivity contribution in [3.05, 3.63) is 41.1 Å². The molecule has 4 rings (SSSR count). The van der Waals surface area contributed by atoms with Gasteiger partial charge in [0.05, 0.1) is 23.1 Å². The Kier molecular flexibility index (Phi) is 5.97. The number of nitrogens with one attached hydrogen (secondary N) is 1. The fourth-order valence-corrected chi connectivity index (χ4v) is 6.27. The molecule has 1 aliphatic carbocycles. The van der Waals surface area contributed by atoms with Gasteiger partial charge in [-0.1, -0.05) is 31.5 Å². The number of benzene rings is 1. The normalized spacial score (nSPS) is 27.5. The van der Waals surface area contributed by atoms with Crippen LogP contribution in [0.15, 0.2) is 40.4 Å².